The number of aliphatic hydroxyl groups is 2. The summed E-state index contributed by atoms with van der Waals surface area (Å²) in [6, 6.07) is 3.14. The van der Waals surface area contributed by atoms with Gasteiger partial charge in [-0.1, -0.05) is 0 Å². The molecule has 12 nitrogen and oxygen atoms in total. The lowest BCUT2D eigenvalue weighted by molar-refractivity contribution is 0.0185. The maximum atomic E-state index is 11.6. The number of hydrogen-bond acceptors (Lipinski definition) is 11. The molecule has 4 unspecified atom stereocenters. The maximum Gasteiger partial charge on any atom is 0.224 e. The molecular formula is C26H36N6O6S. The molecule has 0 saturated heterocycles. The van der Waals surface area contributed by atoms with Crippen molar-refractivity contribution < 1.29 is 27.8 Å². The third-order valence-corrected chi connectivity index (χ3v) is 7.94. The second kappa shape index (κ2) is 10.9. The van der Waals surface area contributed by atoms with E-state index in [2.05, 4.69) is 25.3 Å². The highest BCUT2D eigenvalue weighted by atomic mass is 32.2. The van der Waals surface area contributed by atoms with Gasteiger partial charge in [-0.15, -0.1) is 0 Å². The van der Waals surface area contributed by atoms with Crippen molar-refractivity contribution in [2.24, 2.45) is 11.8 Å². The highest BCUT2D eigenvalue weighted by molar-refractivity contribution is 7.88. The van der Waals surface area contributed by atoms with Crippen LogP contribution in [0.2, 0.25) is 0 Å². The Morgan fingerprint density at radius 3 is 2.54 bits per heavy atom. The molecule has 39 heavy (non-hydrogen) atoms. The molecule has 2 fully saturated rings. The van der Waals surface area contributed by atoms with E-state index in [1.54, 1.807) is 0 Å². The Hall–Kier alpha value is -3.00. The number of aromatic nitrogens is 3. The SMILES string of the molecule is CCOc1cc2cc(-c3c(C)nc(NCC4CC4)nc3NC3CC(CNS(C)(=O)=O)C(O)C3O)oc2c(C)n1. The first kappa shape index (κ1) is 27.6. The largest absolute Gasteiger partial charge is 0.478 e. The van der Waals surface area contributed by atoms with Crippen LogP contribution in [0.4, 0.5) is 11.8 Å². The number of nitrogens with one attached hydrogen (secondary N) is 3. The molecule has 0 aromatic carbocycles. The molecule has 2 aliphatic carbocycles. The van der Waals surface area contributed by atoms with E-state index >= 15 is 0 Å². The van der Waals surface area contributed by atoms with Gasteiger partial charge in [0, 0.05) is 30.5 Å². The normalized spacial score (nSPS) is 23.3. The lowest BCUT2D eigenvalue weighted by Gasteiger charge is -2.21. The van der Waals surface area contributed by atoms with Crippen LogP contribution in [-0.2, 0) is 10.0 Å². The van der Waals surface area contributed by atoms with E-state index in [4.69, 9.17) is 14.1 Å². The number of hydrogen-bond donors (Lipinski definition) is 5. The second-order valence-electron chi connectivity index (χ2n) is 10.5. The van der Waals surface area contributed by atoms with Crippen molar-refractivity contribution >= 4 is 32.8 Å². The molecule has 212 valence electrons. The van der Waals surface area contributed by atoms with Gasteiger partial charge in [0.05, 0.1) is 42.0 Å². The average molecular weight is 561 g/mol. The zero-order valence-corrected chi connectivity index (χ0v) is 23.4. The maximum absolute atomic E-state index is 11.6. The van der Waals surface area contributed by atoms with Gasteiger partial charge in [-0.05, 0) is 52.0 Å². The lowest BCUT2D eigenvalue weighted by Crippen LogP contribution is -2.37. The van der Waals surface area contributed by atoms with Crippen LogP contribution in [0.25, 0.3) is 22.3 Å². The van der Waals surface area contributed by atoms with Crippen LogP contribution in [-0.4, -0.2) is 77.8 Å². The van der Waals surface area contributed by atoms with Crippen LogP contribution in [0.1, 0.15) is 37.6 Å². The first-order chi connectivity index (χ1) is 18.5. The molecular weight excluding hydrogens is 524 g/mol. The molecule has 0 aliphatic heterocycles. The molecule has 0 bridgehead atoms. The monoisotopic (exact) mass is 560 g/mol. The van der Waals surface area contributed by atoms with Crippen LogP contribution in [0.15, 0.2) is 16.5 Å². The third kappa shape index (κ3) is 6.26. The van der Waals surface area contributed by atoms with Crippen LogP contribution in [0.5, 0.6) is 5.88 Å². The van der Waals surface area contributed by atoms with Gasteiger partial charge in [0.2, 0.25) is 21.9 Å². The quantitative estimate of drug-likeness (QED) is 0.233. The topological polar surface area (TPSA) is 172 Å². The highest BCUT2D eigenvalue weighted by Crippen LogP contribution is 2.38. The fourth-order valence-electron chi connectivity index (χ4n) is 5.03. The minimum atomic E-state index is -3.43. The molecule has 0 spiro atoms. The van der Waals surface area contributed by atoms with E-state index in [1.807, 2.05) is 32.9 Å². The van der Waals surface area contributed by atoms with E-state index in [0.717, 1.165) is 18.2 Å². The number of furan rings is 1. The number of aryl methyl sites for hydroxylation is 2. The first-order valence-electron chi connectivity index (χ1n) is 13.3. The smallest absolute Gasteiger partial charge is 0.224 e. The van der Waals surface area contributed by atoms with Crippen LogP contribution in [0, 0.1) is 25.7 Å². The van der Waals surface area contributed by atoms with E-state index in [9.17, 15) is 18.6 Å². The molecule has 3 heterocycles. The van der Waals surface area contributed by atoms with E-state index in [-0.39, 0.29) is 6.54 Å². The standard InChI is InChI=1S/C26H36N6O6S/c1-5-37-20-10-16-9-19(38-24(16)14(3)29-20)21-13(2)30-26(27-11-15-6-7-15)32-25(21)31-18-8-17(22(33)23(18)34)12-28-39(4,35)36/h9-10,15,17-18,22-23,28,33-34H,5-8,11-12H2,1-4H3,(H2,27,30,31,32). The van der Waals surface area contributed by atoms with Gasteiger partial charge >= 0.3 is 0 Å². The van der Waals surface area contributed by atoms with E-state index in [1.165, 1.54) is 12.8 Å². The summed E-state index contributed by atoms with van der Waals surface area (Å²) in [5, 5.41) is 28.9. The summed E-state index contributed by atoms with van der Waals surface area (Å²) in [6.45, 7) is 6.92. The zero-order chi connectivity index (χ0) is 27.9. The molecule has 0 amide bonds. The molecule has 2 aliphatic rings. The summed E-state index contributed by atoms with van der Waals surface area (Å²) >= 11 is 0. The van der Waals surface area contributed by atoms with Gasteiger partial charge in [-0.3, -0.25) is 0 Å². The number of anilines is 2. The van der Waals surface area contributed by atoms with Crippen molar-refractivity contribution in [2.75, 3.05) is 36.6 Å². The Labute approximate surface area is 227 Å². The zero-order valence-electron chi connectivity index (χ0n) is 22.6. The van der Waals surface area contributed by atoms with Crippen LogP contribution >= 0.6 is 0 Å². The first-order valence-corrected chi connectivity index (χ1v) is 15.2. The Morgan fingerprint density at radius 2 is 1.85 bits per heavy atom. The fraction of sp³-hybridized carbons (Fsp3) is 0.577. The lowest BCUT2D eigenvalue weighted by atomic mass is 10.1. The van der Waals surface area contributed by atoms with Gasteiger partial charge in [0.1, 0.15) is 17.7 Å². The molecule has 13 heteroatoms. The van der Waals surface area contributed by atoms with Crippen LogP contribution < -0.4 is 20.1 Å². The van der Waals surface area contributed by atoms with Crippen molar-refractivity contribution in [2.45, 2.75) is 58.3 Å². The molecule has 4 atom stereocenters. The minimum absolute atomic E-state index is 0.0249. The highest BCUT2D eigenvalue weighted by Gasteiger charge is 2.42. The number of ether oxygens (including phenoxy) is 1. The fourth-order valence-corrected chi connectivity index (χ4v) is 5.55. The molecule has 2 saturated carbocycles. The van der Waals surface area contributed by atoms with Crippen molar-refractivity contribution in [3.8, 4) is 17.2 Å². The number of sulfonamides is 1. The van der Waals surface area contributed by atoms with Gasteiger partial charge in [-0.2, -0.15) is 4.98 Å². The van der Waals surface area contributed by atoms with Crippen molar-refractivity contribution in [3.05, 3.63) is 23.5 Å². The molecule has 5 N–H and O–H groups in total. The second-order valence-corrected chi connectivity index (χ2v) is 12.4. The summed E-state index contributed by atoms with van der Waals surface area (Å²) in [5.74, 6) is 2.09. The number of aliphatic hydroxyl groups excluding tert-OH is 2. The number of rotatable bonds is 11. The number of fused-ring (bicyclic) bond motifs is 1. The molecule has 3 aromatic rings. The summed E-state index contributed by atoms with van der Waals surface area (Å²) in [4.78, 5) is 13.9. The van der Waals surface area contributed by atoms with Crippen LogP contribution in [0.3, 0.4) is 0 Å². The Morgan fingerprint density at radius 1 is 1.08 bits per heavy atom. The van der Waals surface area contributed by atoms with E-state index < -0.39 is 34.2 Å². The predicted octanol–water partition coefficient (Wildman–Crippen LogP) is 2.19. The molecule has 0 radical (unpaired) electrons. The Bertz CT molecular complexity index is 1460. The van der Waals surface area contributed by atoms with E-state index in [0.29, 0.717) is 64.9 Å². The van der Waals surface area contributed by atoms with Crippen molar-refractivity contribution in [1.29, 1.82) is 0 Å². The van der Waals surface area contributed by atoms with Gasteiger partial charge < -0.3 is 30.0 Å². The Balaban J connectivity index is 1.49. The number of pyridine rings is 1. The average Bonchev–Trinajstić information content (AvgIpc) is 3.54. The predicted molar refractivity (Wildman–Crippen MR) is 147 cm³/mol. The molecule has 5 rings (SSSR count). The summed E-state index contributed by atoms with van der Waals surface area (Å²) in [7, 11) is -3.43. The van der Waals surface area contributed by atoms with Gasteiger partial charge in [-0.25, -0.2) is 23.1 Å². The molecule has 3 aromatic heterocycles. The van der Waals surface area contributed by atoms with Crippen molar-refractivity contribution in [1.82, 2.24) is 19.7 Å². The number of nitrogens with zero attached hydrogens (tertiary/aromatic N) is 3. The van der Waals surface area contributed by atoms with Gasteiger partial charge in [0.25, 0.3) is 0 Å². The summed E-state index contributed by atoms with van der Waals surface area (Å²) in [5.41, 5.74) is 2.61. The summed E-state index contributed by atoms with van der Waals surface area (Å²) < 4.78 is 37.4. The Kier molecular flexibility index (Phi) is 7.68. The minimum Gasteiger partial charge on any atom is -0.478 e. The van der Waals surface area contributed by atoms with Gasteiger partial charge in [0.15, 0.2) is 5.58 Å². The van der Waals surface area contributed by atoms with Crippen molar-refractivity contribution in [3.63, 3.8) is 0 Å². The summed E-state index contributed by atoms with van der Waals surface area (Å²) in [6.07, 6.45) is 1.53. The third-order valence-electron chi connectivity index (χ3n) is 7.25.